The zero-order valence-corrected chi connectivity index (χ0v) is 12.0. The molecule has 1 aromatic heterocycles. The molecule has 2 rings (SSSR count). The molecule has 0 fully saturated rings. The lowest BCUT2D eigenvalue weighted by Crippen LogP contribution is -2.30. The number of rotatable bonds is 6. The predicted octanol–water partition coefficient (Wildman–Crippen LogP) is 2.13. The van der Waals surface area contributed by atoms with Crippen LogP contribution in [0.25, 0.3) is 0 Å². The second-order valence-electron chi connectivity index (χ2n) is 4.38. The van der Waals surface area contributed by atoms with Crippen molar-refractivity contribution in [2.45, 2.75) is 12.8 Å². The molecule has 2 amide bonds. The van der Waals surface area contributed by atoms with Crippen LogP contribution in [0.4, 0.5) is 10.5 Å². The fraction of sp³-hybridized carbons (Fsp3) is 0.214. The van der Waals surface area contributed by atoms with Crippen LogP contribution in [0.5, 0.6) is 0 Å². The molecule has 1 aromatic carbocycles. The number of amides is 2. The molecule has 21 heavy (non-hydrogen) atoms. The van der Waals surface area contributed by atoms with Crippen molar-refractivity contribution in [3.05, 3.63) is 46.4 Å². The quantitative estimate of drug-likeness (QED) is 0.762. The van der Waals surface area contributed by atoms with E-state index < -0.39 is 5.97 Å². The first-order valence-corrected chi connectivity index (χ1v) is 7.30. The molecule has 0 radical (unpaired) electrons. The van der Waals surface area contributed by atoms with Crippen molar-refractivity contribution in [1.82, 2.24) is 10.3 Å². The van der Waals surface area contributed by atoms with Gasteiger partial charge in [-0.1, -0.05) is 12.1 Å². The Morgan fingerprint density at radius 1 is 1.33 bits per heavy atom. The Balaban J connectivity index is 1.80. The highest BCUT2D eigenvalue weighted by Crippen LogP contribution is 2.11. The molecule has 0 aliphatic heterocycles. The van der Waals surface area contributed by atoms with Gasteiger partial charge in [0.1, 0.15) is 0 Å². The molecule has 6 nitrogen and oxygen atoms in total. The maximum absolute atomic E-state index is 11.7. The van der Waals surface area contributed by atoms with Crippen LogP contribution in [0.3, 0.4) is 0 Å². The molecule has 7 heteroatoms. The Labute approximate surface area is 125 Å². The number of carbonyl (C=O) groups is 2. The highest BCUT2D eigenvalue weighted by Gasteiger charge is 2.04. The molecular formula is C14H15N3O3S. The van der Waals surface area contributed by atoms with E-state index in [1.165, 1.54) is 11.3 Å². The van der Waals surface area contributed by atoms with Gasteiger partial charge in [0, 0.05) is 24.0 Å². The minimum Gasteiger partial charge on any atom is -0.481 e. The number of nitrogens with one attached hydrogen (secondary N) is 2. The zero-order valence-electron chi connectivity index (χ0n) is 11.2. The number of carboxylic acids is 1. The second-order valence-corrected chi connectivity index (χ2v) is 5.10. The molecule has 110 valence electrons. The summed E-state index contributed by atoms with van der Waals surface area (Å²) in [5.41, 5.74) is 3.91. The van der Waals surface area contributed by atoms with Crippen LogP contribution in [0.1, 0.15) is 11.3 Å². The maximum atomic E-state index is 11.7. The fourth-order valence-electron chi connectivity index (χ4n) is 1.77. The summed E-state index contributed by atoms with van der Waals surface area (Å²) in [4.78, 5) is 26.5. The van der Waals surface area contributed by atoms with Gasteiger partial charge in [-0.3, -0.25) is 4.79 Å². The number of aromatic nitrogens is 1. The highest BCUT2D eigenvalue weighted by molar-refractivity contribution is 7.07. The van der Waals surface area contributed by atoms with E-state index >= 15 is 0 Å². The summed E-state index contributed by atoms with van der Waals surface area (Å²) in [6, 6.07) is 6.46. The number of hydrogen-bond acceptors (Lipinski definition) is 4. The third kappa shape index (κ3) is 5.23. The van der Waals surface area contributed by atoms with Gasteiger partial charge in [-0.05, 0) is 17.7 Å². The SMILES string of the molecule is O=C(O)Cc1cccc(NC(=O)NCCc2cscn2)c1. The number of thiazole rings is 1. The van der Waals surface area contributed by atoms with E-state index in [-0.39, 0.29) is 12.5 Å². The van der Waals surface area contributed by atoms with E-state index in [0.29, 0.717) is 24.2 Å². The lowest BCUT2D eigenvalue weighted by molar-refractivity contribution is -0.136. The van der Waals surface area contributed by atoms with E-state index in [4.69, 9.17) is 5.11 Å². The molecular weight excluding hydrogens is 290 g/mol. The van der Waals surface area contributed by atoms with Crippen molar-refractivity contribution in [2.75, 3.05) is 11.9 Å². The van der Waals surface area contributed by atoms with Gasteiger partial charge >= 0.3 is 12.0 Å². The average Bonchev–Trinajstić information content (AvgIpc) is 2.91. The molecule has 1 heterocycles. The topological polar surface area (TPSA) is 91.3 Å². The number of urea groups is 1. The number of carboxylic acid groups (broad SMARTS) is 1. The summed E-state index contributed by atoms with van der Waals surface area (Å²) >= 11 is 1.52. The fourth-order valence-corrected chi connectivity index (χ4v) is 2.37. The van der Waals surface area contributed by atoms with Crippen molar-refractivity contribution >= 4 is 29.0 Å². The van der Waals surface area contributed by atoms with Gasteiger partial charge in [-0.25, -0.2) is 9.78 Å². The van der Waals surface area contributed by atoms with E-state index in [1.807, 2.05) is 5.38 Å². The number of carbonyl (C=O) groups excluding carboxylic acids is 1. The molecule has 0 aliphatic rings. The molecule has 3 N–H and O–H groups in total. The van der Waals surface area contributed by atoms with Gasteiger partial charge in [0.15, 0.2) is 0 Å². The van der Waals surface area contributed by atoms with Crippen LogP contribution in [0, 0.1) is 0 Å². The van der Waals surface area contributed by atoms with Crippen LogP contribution in [-0.4, -0.2) is 28.6 Å². The number of aliphatic carboxylic acids is 1. The van der Waals surface area contributed by atoms with Crippen LogP contribution in [0.15, 0.2) is 35.2 Å². The van der Waals surface area contributed by atoms with Gasteiger partial charge < -0.3 is 15.7 Å². The first kappa shape index (κ1) is 15.0. The third-order valence-electron chi connectivity index (χ3n) is 2.69. The van der Waals surface area contributed by atoms with Crippen molar-refractivity contribution in [2.24, 2.45) is 0 Å². The first-order valence-electron chi connectivity index (χ1n) is 6.36. The van der Waals surface area contributed by atoms with E-state index in [1.54, 1.807) is 29.8 Å². The Bertz CT molecular complexity index is 614. The molecule has 0 aliphatic carbocycles. The number of anilines is 1. The summed E-state index contributed by atoms with van der Waals surface area (Å²) in [5.74, 6) is -0.903. The Morgan fingerprint density at radius 2 is 2.19 bits per heavy atom. The van der Waals surface area contributed by atoms with Crippen LogP contribution in [-0.2, 0) is 17.6 Å². The molecule has 0 saturated heterocycles. The standard InChI is InChI=1S/C14H15N3O3S/c18-13(19)7-10-2-1-3-11(6-10)17-14(20)15-5-4-12-8-21-9-16-12/h1-3,6,8-9H,4-5,7H2,(H,18,19)(H2,15,17,20). The average molecular weight is 305 g/mol. The summed E-state index contributed by atoms with van der Waals surface area (Å²) in [6.07, 6.45) is 0.608. The Kier molecular flexibility index (Phi) is 5.28. The van der Waals surface area contributed by atoms with E-state index in [2.05, 4.69) is 15.6 Å². The Hall–Kier alpha value is -2.41. The molecule has 0 unspecified atom stereocenters. The number of hydrogen-bond donors (Lipinski definition) is 3. The zero-order chi connectivity index (χ0) is 15.1. The largest absolute Gasteiger partial charge is 0.481 e. The lowest BCUT2D eigenvalue weighted by Gasteiger charge is -2.08. The van der Waals surface area contributed by atoms with E-state index in [0.717, 1.165) is 5.69 Å². The smallest absolute Gasteiger partial charge is 0.319 e. The number of nitrogens with zero attached hydrogens (tertiary/aromatic N) is 1. The summed E-state index contributed by atoms with van der Waals surface area (Å²) in [6.45, 7) is 0.490. The minimum atomic E-state index is -0.903. The summed E-state index contributed by atoms with van der Waals surface area (Å²) < 4.78 is 0. The third-order valence-corrected chi connectivity index (χ3v) is 3.33. The van der Waals surface area contributed by atoms with Gasteiger partial charge in [0.2, 0.25) is 0 Å². The van der Waals surface area contributed by atoms with Gasteiger partial charge in [-0.15, -0.1) is 11.3 Å². The maximum Gasteiger partial charge on any atom is 0.319 e. The van der Waals surface area contributed by atoms with Crippen molar-refractivity contribution in [1.29, 1.82) is 0 Å². The molecule has 0 atom stereocenters. The first-order chi connectivity index (χ1) is 10.1. The second kappa shape index (κ2) is 7.39. The molecule has 0 bridgehead atoms. The van der Waals surface area contributed by atoms with Crippen LogP contribution < -0.4 is 10.6 Å². The van der Waals surface area contributed by atoms with E-state index in [9.17, 15) is 9.59 Å². The summed E-state index contributed by atoms with van der Waals surface area (Å²) in [7, 11) is 0. The minimum absolute atomic E-state index is 0.0685. The predicted molar refractivity (Wildman–Crippen MR) is 80.6 cm³/mol. The van der Waals surface area contributed by atoms with Crippen molar-refractivity contribution in [3.63, 3.8) is 0 Å². The van der Waals surface area contributed by atoms with Gasteiger partial charge in [-0.2, -0.15) is 0 Å². The van der Waals surface area contributed by atoms with Crippen molar-refractivity contribution < 1.29 is 14.7 Å². The Morgan fingerprint density at radius 3 is 2.90 bits per heavy atom. The molecule has 0 saturated carbocycles. The van der Waals surface area contributed by atoms with Gasteiger partial charge in [0.25, 0.3) is 0 Å². The normalized spacial score (nSPS) is 10.1. The van der Waals surface area contributed by atoms with Crippen LogP contribution >= 0.6 is 11.3 Å². The van der Waals surface area contributed by atoms with Gasteiger partial charge in [0.05, 0.1) is 17.6 Å². The molecule has 0 spiro atoms. The monoisotopic (exact) mass is 305 g/mol. The van der Waals surface area contributed by atoms with Crippen molar-refractivity contribution in [3.8, 4) is 0 Å². The summed E-state index contributed by atoms with van der Waals surface area (Å²) in [5, 5.41) is 16.1. The number of benzene rings is 1. The molecule has 2 aromatic rings. The van der Waals surface area contributed by atoms with Crippen LogP contribution in [0.2, 0.25) is 0 Å². The lowest BCUT2D eigenvalue weighted by atomic mass is 10.1. The highest BCUT2D eigenvalue weighted by atomic mass is 32.1.